The summed E-state index contributed by atoms with van der Waals surface area (Å²) < 4.78 is 0. The van der Waals surface area contributed by atoms with Gasteiger partial charge in [0.05, 0.1) is 28.4 Å². The summed E-state index contributed by atoms with van der Waals surface area (Å²) >= 11 is 12.0. The van der Waals surface area contributed by atoms with E-state index in [0.717, 1.165) is 18.4 Å². The highest BCUT2D eigenvalue weighted by atomic mass is 35.5. The first-order chi connectivity index (χ1) is 11.0. The molecule has 23 heavy (non-hydrogen) atoms. The predicted molar refractivity (Wildman–Crippen MR) is 86.8 cm³/mol. The lowest BCUT2D eigenvalue weighted by molar-refractivity contribution is -0.141. The zero-order valence-corrected chi connectivity index (χ0v) is 13.8. The first kappa shape index (κ1) is 14.1. The van der Waals surface area contributed by atoms with Crippen molar-refractivity contribution in [2.24, 2.45) is 29.1 Å². The lowest BCUT2D eigenvalue weighted by Crippen LogP contribution is -2.34. The second-order valence-corrected chi connectivity index (χ2v) is 8.05. The second kappa shape index (κ2) is 4.40. The Kier molecular flexibility index (Phi) is 2.69. The third-order valence-electron chi connectivity index (χ3n) is 6.27. The summed E-state index contributed by atoms with van der Waals surface area (Å²) in [6.45, 7) is 0.286. The molecule has 1 saturated heterocycles. The van der Waals surface area contributed by atoms with Crippen molar-refractivity contribution in [3.05, 3.63) is 46.0 Å². The van der Waals surface area contributed by atoms with Crippen molar-refractivity contribution in [1.29, 1.82) is 0 Å². The molecule has 3 fully saturated rings. The predicted octanol–water partition coefficient (Wildman–Crippen LogP) is 3.69. The van der Waals surface area contributed by atoms with Gasteiger partial charge >= 0.3 is 0 Å². The zero-order chi connectivity index (χ0) is 15.9. The van der Waals surface area contributed by atoms with Crippen molar-refractivity contribution in [2.75, 3.05) is 0 Å². The third kappa shape index (κ3) is 1.67. The van der Waals surface area contributed by atoms with Crippen LogP contribution in [0.3, 0.4) is 0 Å². The van der Waals surface area contributed by atoms with Gasteiger partial charge in [-0.25, -0.2) is 0 Å². The first-order valence-corrected chi connectivity index (χ1v) is 8.76. The van der Waals surface area contributed by atoms with Gasteiger partial charge in [0.1, 0.15) is 0 Å². The summed E-state index contributed by atoms with van der Waals surface area (Å²) in [4.78, 5) is 27.2. The molecule has 0 radical (unpaired) electrons. The number of hydrogen-bond acceptors (Lipinski definition) is 2. The van der Waals surface area contributed by atoms with E-state index in [9.17, 15) is 9.59 Å². The molecule has 5 rings (SSSR count). The van der Waals surface area contributed by atoms with Crippen LogP contribution in [0, 0.1) is 29.1 Å². The minimum Gasteiger partial charge on any atom is -0.278 e. The molecular formula is C18H15Cl2NO2. The van der Waals surface area contributed by atoms with Crippen molar-refractivity contribution in [3.63, 3.8) is 0 Å². The number of rotatable bonds is 2. The molecule has 5 heteroatoms. The highest BCUT2D eigenvalue weighted by Crippen LogP contribution is 2.73. The Hall–Kier alpha value is -1.32. The first-order valence-electron chi connectivity index (χ1n) is 8.00. The van der Waals surface area contributed by atoms with Crippen LogP contribution >= 0.6 is 23.2 Å². The molecule has 4 aliphatic rings. The minimum absolute atomic E-state index is 0.00537. The molecule has 3 nitrogen and oxygen atoms in total. The van der Waals surface area contributed by atoms with Crippen LogP contribution in [-0.2, 0) is 16.1 Å². The summed E-state index contributed by atoms with van der Waals surface area (Å²) in [6.07, 6.45) is 6.70. The van der Waals surface area contributed by atoms with E-state index in [0.29, 0.717) is 10.0 Å². The lowest BCUT2D eigenvalue weighted by atomic mass is 9.85. The Balaban J connectivity index is 1.45. The number of halogens is 2. The lowest BCUT2D eigenvalue weighted by Gasteiger charge is -2.21. The van der Waals surface area contributed by atoms with Crippen LogP contribution < -0.4 is 0 Å². The summed E-state index contributed by atoms with van der Waals surface area (Å²) in [7, 11) is 0. The molecule has 2 saturated carbocycles. The van der Waals surface area contributed by atoms with E-state index in [1.165, 1.54) is 4.90 Å². The van der Waals surface area contributed by atoms with Crippen LogP contribution in [0.5, 0.6) is 0 Å². The van der Waals surface area contributed by atoms with Crippen LogP contribution in [0.15, 0.2) is 30.4 Å². The van der Waals surface area contributed by atoms with E-state index < -0.39 is 0 Å². The quantitative estimate of drug-likeness (QED) is 0.604. The van der Waals surface area contributed by atoms with Crippen LogP contribution in [0.4, 0.5) is 0 Å². The Morgan fingerprint density at radius 2 is 1.61 bits per heavy atom. The fourth-order valence-corrected chi connectivity index (χ4v) is 5.44. The van der Waals surface area contributed by atoms with E-state index in [1.807, 2.05) is 6.07 Å². The maximum atomic E-state index is 12.9. The van der Waals surface area contributed by atoms with Gasteiger partial charge in [0.25, 0.3) is 0 Å². The summed E-state index contributed by atoms with van der Waals surface area (Å²) in [5, 5.41) is 0.923. The van der Waals surface area contributed by atoms with Gasteiger partial charge in [0.2, 0.25) is 11.8 Å². The van der Waals surface area contributed by atoms with Gasteiger partial charge in [-0.15, -0.1) is 0 Å². The fourth-order valence-electron chi connectivity index (χ4n) is 5.12. The van der Waals surface area contributed by atoms with E-state index in [-0.39, 0.29) is 47.4 Å². The number of hydrogen-bond donors (Lipinski definition) is 0. The van der Waals surface area contributed by atoms with E-state index >= 15 is 0 Å². The summed E-state index contributed by atoms with van der Waals surface area (Å²) in [6, 6.07) is 5.25. The molecule has 0 unspecified atom stereocenters. The van der Waals surface area contributed by atoms with Gasteiger partial charge in [-0.3, -0.25) is 14.5 Å². The molecule has 1 heterocycles. The number of nitrogens with zero attached hydrogens (tertiary/aromatic N) is 1. The van der Waals surface area contributed by atoms with Gasteiger partial charge < -0.3 is 0 Å². The Morgan fingerprint density at radius 1 is 1.00 bits per heavy atom. The Morgan fingerprint density at radius 3 is 2.13 bits per heavy atom. The number of amides is 2. The highest BCUT2D eigenvalue weighted by molar-refractivity contribution is 6.42. The van der Waals surface area contributed by atoms with Crippen LogP contribution in [0.1, 0.15) is 18.4 Å². The topological polar surface area (TPSA) is 37.4 Å². The van der Waals surface area contributed by atoms with E-state index in [4.69, 9.17) is 23.2 Å². The van der Waals surface area contributed by atoms with Crippen molar-refractivity contribution >= 4 is 35.0 Å². The molecule has 0 aromatic heterocycles. The normalized spacial score (nSPS) is 35.5. The average Bonchev–Trinajstić information content (AvgIpc) is 3.14. The maximum absolute atomic E-state index is 12.9. The van der Waals surface area contributed by atoms with Gasteiger partial charge in [-0.05, 0) is 47.8 Å². The number of likely N-dealkylation sites (tertiary alicyclic amines) is 1. The smallest absolute Gasteiger partial charge is 0.234 e. The molecule has 1 aromatic rings. The minimum atomic E-state index is -0.136. The summed E-state index contributed by atoms with van der Waals surface area (Å²) in [5.74, 6) is 0.259. The zero-order valence-electron chi connectivity index (χ0n) is 12.3. The molecule has 2 bridgehead atoms. The van der Waals surface area contributed by atoms with E-state index in [1.54, 1.807) is 12.1 Å². The van der Waals surface area contributed by atoms with Gasteiger partial charge in [0, 0.05) is 0 Å². The van der Waals surface area contributed by atoms with Gasteiger partial charge in [-0.1, -0.05) is 41.4 Å². The molecule has 4 atom stereocenters. The standard InChI is InChI=1S/C18H15Cl2NO2/c19-12-4-1-9(7-13(12)20)8-21-16(22)14-10-2-3-11(15(14)17(21)23)18(10)5-6-18/h1-4,7,10-11,14-15H,5-6,8H2/t10-,11-,14+,15+/m1/s1. The molecular weight excluding hydrogens is 333 g/mol. The van der Waals surface area contributed by atoms with Crippen molar-refractivity contribution < 1.29 is 9.59 Å². The van der Waals surface area contributed by atoms with Crippen LogP contribution in [-0.4, -0.2) is 16.7 Å². The number of carbonyl (C=O) groups is 2. The number of fused-ring (bicyclic) bond motifs is 3. The van der Waals surface area contributed by atoms with Crippen LogP contribution in [0.2, 0.25) is 10.0 Å². The molecule has 3 aliphatic carbocycles. The van der Waals surface area contributed by atoms with Crippen molar-refractivity contribution in [1.82, 2.24) is 4.90 Å². The molecule has 1 spiro atoms. The number of allylic oxidation sites excluding steroid dienone is 2. The van der Waals surface area contributed by atoms with Crippen LogP contribution in [0.25, 0.3) is 0 Å². The van der Waals surface area contributed by atoms with E-state index in [2.05, 4.69) is 12.2 Å². The number of benzene rings is 1. The molecule has 118 valence electrons. The van der Waals surface area contributed by atoms with Gasteiger partial charge in [0.15, 0.2) is 0 Å². The van der Waals surface area contributed by atoms with Crippen molar-refractivity contribution in [3.8, 4) is 0 Å². The highest BCUT2D eigenvalue weighted by Gasteiger charge is 2.73. The fraction of sp³-hybridized carbons (Fsp3) is 0.444. The molecule has 1 aromatic carbocycles. The SMILES string of the molecule is O=C1[C@@H]2[C@@H](C(=O)N1Cc1ccc(Cl)c(Cl)c1)[C@H]1C=C[C@H]2C12CC2. The molecule has 0 N–H and O–H groups in total. The second-order valence-electron chi connectivity index (χ2n) is 7.23. The number of imide groups is 1. The third-order valence-corrected chi connectivity index (χ3v) is 7.01. The van der Waals surface area contributed by atoms with Gasteiger partial charge in [-0.2, -0.15) is 0 Å². The maximum Gasteiger partial charge on any atom is 0.234 e. The molecule has 2 amide bonds. The monoisotopic (exact) mass is 347 g/mol. The summed E-state index contributed by atoms with van der Waals surface area (Å²) in [5.41, 5.74) is 1.08. The largest absolute Gasteiger partial charge is 0.278 e. The average molecular weight is 348 g/mol. The number of carbonyl (C=O) groups excluding carboxylic acids is 2. The molecule has 1 aliphatic heterocycles. The Labute approximate surface area is 144 Å². The Bertz CT molecular complexity index is 749. The van der Waals surface area contributed by atoms with Crippen molar-refractivity contribution in [2.45, 2.75) is 19.4 Å².